The Morgan fingerprint density at radius 1 is 1.47 bits per heavy atom. The molecule has 0 aliphatic heterocycles. The van der Waals surface area contributed by atoms with Crippen LogP contribution in [0.5, 0.6) is 0 Å². The topological polar surface area (TPSA) is 37.2 Å². The molecule has 3 heteroatoms. The van der Waals surface area contributed by atoms with Crippen LogP contribution in [0.15, 0.2) is 6.07 Å². The fourth-order valence-corrected chi connectivity index (χ4v) is 3.42. The molecule has 1 aliphatic rings. The highest BCUT2D eigenvalue weighted by molar-refractivity contribution is 5.26. The van der Waals surface area contributed by atoms with Gasteiger partial charge in [0.2, 0.25) is 0 Å². The SMILES string of the molecule is Cc1cc(CNC2(CO)CCCC(C)C2)c(C)n1C. The molecule has 2 rings (SSSR count). The number of rotatable bonds is 4. The van der Waals surface area contributed by atoms with E-state index in [-0.39, 0.29) is 12.1 Å². The average Bonchev–Trinajstić information content (AvgIpc) is 2.64. The summed E-state index contributed by atoms with van der Waals surface area (Å²) in [6.45, 7) is 7.71. The molecule has 1 fully saturated rings. The van der Waals surface area contributed by atoms with Crippen molar-refractivity contribution in [3.8, 4) is 0 Å². The first-order valence-electron chi connectivity index (χ1n) is 7.45. The lowest BCUT2D eigenvalue weighted by Gasteiger charge is -2.39. The summed E-state index contributed by atoms with van der Waals surface area (Å²) in [6.07, 6.45) is 4.71. The van der Waals surface area contributed by atoms with Crippen molar-refractivity contribution in [1.29, 1.82) is 0 Å². The maximum atomic E-state index is 9.80. The van der Waals surface area contributed by atoms with Crippen molar-refractivity contribution in [2.24, 2.45) is 13.0 Å². The van der Waals surface area contributed by atoms with Crippen LogP contribution in [0, 0.1) is 19.8 Å². The third-order valence-electron chi connectivity index (χ3n) is 4.93. The van der Waals surface area contributed by atoms with Gasteiger partial charge in [-0.05, 0) is 44.2 Å². The summed E-state index contributed by atoms with van der Waals surface area (Å²) in [6, 6.07) is 2.25. The Hall–Kier alpha value is -0.800. The normalized spacial score (nSPS) is 27.7. The van der Waals surface area contributed by atoms with Crippen molar-refractivity contribution >= 4 is 0 Å². The van der Waals surface area contributed by atoms with E-state index in [0.717, 1.165) is 19.4 Å². The Morgan fingerprint density at radius 2 is 2.21 bits per heavy atom. The van der Waals surface area contributed by atoms with Gasteiger partial charge in [-0.1, -0.05) is 19.8 Å². The average molecular weight is 264 g/mol. The van der Waals surface area contributed by atoms with Crippen molar-refractivity contribution in [1.82, 2.24) is 9.88 Å². The second kappa shape index (κ2) is 5.68. The molecule has 0 amide bonds. The number of aryl methyl sites for hydroxylation is 1. The molecule has 0 spiro atoms. The van der Waals surface area contributed by atoms with Crippen molar-refractivity contribution < 1.29 is 5.11 Å². The molecule has 1 aliphatic carbocycles. The highest BCUT2D eigenvalue weighted by Gasteiger charge is 2.33. The lowest BCUT2D eigenvalue weighted by Crippen LogP contribution is -2.51. The Balaban J connectivity index is 2.05. The summed E-state index contributed by atoms with van der Waals surface area (Å²) < 4.78 is 2.23. The van der Waals surface area contributed by atoms with Gasteiger partial charge in [0.25, 0.3) is 0 Å². The highest BCUT2D eigenvalue weighted by Crippen LogP contribution is 2.32. The van der Waals surface area contributed by atoms with E-state index in [0.29, 0.717) is 5.92 Å². The molecule has 108 valence electrons. The predicted molar refractivity (Wildman–Crippen MR) is 79.2 cm³/mol. The Kier molecular flexibility index (Phi) is 4.36. The molecule has 1 heterocycles. The molecular formula is C16H28N2O. The molecule has 2 unspecified atom stereocenters. The van der Waals surface area contributed by atoms with Crippen molar-refractivity contribution in [3.63, 3.8) is 0 Å². The first kappa shape index (κ1) is 14.6. The number of aromatic nitrogens is 1. The molecule has 19 heavy (non-hydrogen) atoms. The molecule has 0 saturated heterocycles. The van der Waals surface area contributed by atoms with Crippen molar-refractivity contribution in [3.05, 3.63) is 23.0 Å². The number of hydrogen-bond acceptors (Lipinski definition) is 2. The third kappa shape index (κ3) is 3.03. The molecule has 0 aromatic carbocycles. The van der Waals surface area contributed by atoms with Crippen molar-refractivity contribution in [2.75, 3.05) is 6.61 Å². The predicted octanol–water partition coefficient (Wildman–Crippen LogP) is 2.67. The standard InChI is InChI=1S/C16H28N2O/c1-12-6-5-7-16(9-12,11-19)17-10-15-8-13(2)18(4)14(15)3/h8,12,17,19H,5-7,9-11H2,1-4H3. The Morgan fingerprint density at radius 3 is 2.74 bits per heavy atom. The number of hydrogen-bond donors (Lipinski definition) is 2. The minimum absolute atomic E-state index is 0.0617. The van der Waals surface area contributed by atoms with Gasteiger partial charge >= 0.3 is 0 Å². The third-order valence-corrected chi connectivity index (χ3v) is 4.93. The molecule has 0 radical (unpaired) electrons. The van der Waals surface area contributed by atoms with E-state index in [9.17, 15) is 5.11 Å². The molecule has 3 nitrogen and oxygen atoms in total. The Bertz CT molecular complexity index is 438. The lowest BCUT2D eigenvalue weighted by molar-refractivity contribution is 0.0982. The summed E-state index contributed by atoms with van der Waals surface area (Å²) in [5.41, 5.74) is 3.91. The van der Waals surface area contributed by atoms with Gasteiger partial charge in [-0.2, -0.15) is 0 Å². The van der Waals surface area contributed by atoms with Gasteiger partial charge in [0, 0.05) is 30.5 Å². The van der Waals surface area contributed by atoms with Crippen molar-refractivity contribution in [2.45, 2.75) is 58.5 Å². The lowest BCUT2D eigenvalue weighted by atomic mass is 9.77. The molecule has 2 atom stereocenters. The van der Waals surface area contributed by atoms with Gasteiger partial charge in [-0.25, -0.2) is 0 Å². The van der Waals surface area contributed by atoms with Crippen LogP contribution < -0.4 is 5.32 Å². The van der Waals surface area contributed by atoms with E-state index < -0.39 is 0 Å². The molecule has 2 N–H and O–H groups in total. The van der Waals surface area contributed by atoms with Crippen LogP contribution in [-0.2, 0) is 13.6 Å². The van der Waals surface area contributed by atoms with Gasteiger partial charge in [-0.3, -0.25) is 0 Å². The molecule has 0 bridgehead atoms. The van der Waals surface area contributed by atoms with Crippen LogP contribution in [0.1, 0.15) is 49.6 Å². The quantitative estimate of drug-likeness (QED) is 0.877. The van der Waals surface area contributed by atoms with Gasteiger partial charge in [0.1, 0.15) is 0 Å². The molecular weight excluding hydrogens is 236 g/mol. The summed E-state index contributed by atoms with van der Waals surface area (Å²) in [7, 11) is 2.11. The van der Waals surface area contributed by atoms with Gasteiger partial charge in [-0.15, -0.1) is 0 Å². The van der Waals surface area contributed by atoms with E-state index >= 15 is 0 Å². The van der Waals surface area contributed by atoms with Gasteiger partial charge in [0.15, 0.2) is 0 Å². The van der Waals surface area contributed by atoms with Gasteiger partial charge < -0.3 is 15.0 Å². The second-order valence-electron chi connectivity index (χ2n) is 6.45. The van der Waals surface area contributed by atoms with Crippen LogP contribution >= 0.6 is 0 Å². The van der Waals surface area contributed by atoms with Gasteiger partial charge in [0.05, 0.1) is 6.61 Å². The fraction of sp³-hybridized carbons (Fsp3) is 0.750. The van der Waals surface area contributed by atoms with Crippen LogP contribution in [0.4, 0.5) is 0 Å². The second-order valence-corrected chi connectivity index (χ2v) is 6.45. The zero-order valence-corrected chi connectivity index (χ0v) is 12.8. The van der Waals surface area contributed by atoms with Crippen LogP contribution in [0.2, 0.25) is 0 Å². The number of nitrogens with one attached hydrogen (secondary N) is 1. The maximum Gasteiger partial charge on any atom is 0.0613 e. The summed E-state index contributed by atoms with van der Waals surface area (Å²) in [5.74, 6) is 0.715. The maximum absolute atomic E-state index is 9.80. The fourth-order valence-electron chi connectivity index (χ4n) is 3.42. The van der Waals surface area contributed by atoms with E-state index in [1.54, 1.807) is 0 Å². The van der Waals surface area contributed by atoms with E-state index in [1.807, 2.05) is 0 Å². The largest absolute Gasteiger partial charge is 0.394 e. The smallest absolute Gasteiger partial charge is 0.0613 e. The first-order valence-corrected chi connectivity index (χ1v) is 7.45. The van der Waals surface area contributed by atoms with Crippen LogP contribution in [0.3, 0.4) is 0 Å². The minimum atomic E-state index is -0.0617. The minimum Gasteiger partial charge on any atom is -0.394 e. The zero-order chi connectivity index (χ0) is 14.0. The monoisotopic (exact) mass is 264 g/mol. The molecule has 1 saturated carbocycles. The highest BCUT2D eigenvalue weighted by atomic mass is 16.3. The zero-order valence-electron chi connectivity index (χ0n) is 12.8. The molecule has 1 aromatic rings. The van der Waals surface area contributed by atoms with E-state index in [2.05, 4.69) is 43.8 Å². The summed E-state index contributed by atoms with van der Waals surface area (Å²) in [5, 5.41) is 13.4. The van der Waals surface area contributed by atoms with E-state index in [4.69, 9.17) is 0 Å². The number of aliphatic hydroxyl groups is 1. The summed E-state index contributed by atoms with van der Waals surface area (Å²) in [4.78, 5) is 0. The Labute approximate surface area is 117 Å². The number of nitrogens with zero attached hydrogens (tertiary/aromatic N) is 1. The first-order chi connectivity index (χ1) is 8.97. The van der Waals surface area contributed by atoms with Crippen LogP contribution in [-0.4, -0.2) is 21.8 Å². The molecule has 1 aromatic heterocycles. The number of aliphatic hydroxyl groups excluding tert-OH is 1. The van der Waals surface area contributed by atoms with E-state index in [1.165, 1.54) is 29.8 Å². The summed E-state index contributed by atoms with van der Waals surface area (Å²) >= 11 is 0. The van der Waals surface area contributed by atoms with Crippen LogP contribution in [0.25, 0.3) is 0 Å².